The Kier molecular flexibility index (Phi) is 3.46. The predicted molar refractivity (Wildman–Crippen MR) is 76.0 cm³/mol. The lowest BCUT2D eigenvalue weighted by Gasteiger charge is -2.18. The summed E-state index contributed by atoms with van der Waals surface area (Å²) >= 11 is 0. The number of rotatable bonds is 4. The van der Waals surface area contributed by atoms with Gasteiger partial charge in [-0.1, -0.05) is 27.7 Å². The van der Waals surface area contributed by atoms with Crippen molar-refractivity contribution in [1.82, 2.24) is 9.97 Å². The highest BCUT2D eigenvalue weighted by atomic mass is 15.1. The van der Waals surface area contributed by atoms with Crippen LogP contribution in [0.25, 0.3) is 0 Å². The van der Waals surface area contributed by atoms with E-state index in [9.17, 15) is 0 Å². The monoisotopic (exact) mass is 248 g/mol. The standard InChI is InChI=1S/C14H24N4/c1-9-6-10(9)8-16-12-7-11(15-5)17-13(18-12)14(2,3)4/h7,9-10H,6,8H2,1-5H3,(H2,15,16,17,18). The molecule has 1 aromatic heterocycles. The molecule has 2 unspecified atom stereocenters. The predicted octanol–water partition coefficient (Wildman–Crippen LogP) is 2.88. The molecular weight excluding hydrogens is 224 g/mol. The molecule has 1 fully saturated rings. The normalized spacial score (nSPS) is 22.7. The van der Waals surface area contributed by atoms with E-state index >= 15 is 0 Å². The van der Waals surface area contributed by atoms with Crippen molar-refractivity contribution in [3.63, 3.8) is 0 Å². The highest BCUT2D eigenvalue weighted by molar-refractivity contribution is 5.48. The molecule has 0 spiro atoms. The van der Waals surface area contributed by atoms with Crippen molar-refractivity contribution in [2.45, 2.75) is 39.5 Å². The molecule has 1 aromatic rings. The van der Waals surface area contributed by atoms with Gasteiger partial charge < -0.3 is 10.6 Å². The molecule has 1 aliphatic carbocycles. The molecule has 1 saturated carbocycles. The van der Waals surface area contributed by atoms with Gasteiger partial charge >= 0.3 is 0 Å². The molecule has 4 heteroatoms. The van der Waals surface area contributed by atoms with Crippen LogP contribution in [0.3, 0.4) is 0 Å². The lowest BCUT2D eigenvalue weighted by molar-refractivity contribution is 0.546. The minimum atomic E-state index is -0.0316. The third-order valence-corrected chi connectivity index (χ3v) is 3.47. The number of hydrogen-bond acceptors (Lipinski definition) is 4. The van der Waals surface area contributed by atoms with Crippen LogP contribution in [-0.4, -0.2) is 23.6 Å². The summed E-state index contributed by atoms with van der Waals surface area (Å²) in [4.78, 5) is 9.13. The molecule has 4 nitrogen and oxygen atoms in total. The van der Waals surface area contributed by atoms with E-state index in [2.05, 4.69) is 48.3 Å². The number of nitrogens with one attached hydrogen (secondary N) is 2. The average Bonchev–Trinajstić information content (AvgIpc) is 3.01. The molecule has 0 bridgehead atoms. The summed E-state index contributed by atoms with van der Waals surface area (Å²) in [6, 6.07) is 1.97. The first-order chi connectivity index (χ1) is 8.40. The molecule has 1 heterocycles. The van der Waals surface area contributed by atoms with Crippen molar-refractivity contribution in [3.8, 4) is 0 Å². The van der Waals surface area contributed by atoms with Crippen molar-refractivity contribution < 1.29 is 0 Å². The fraction of sp³-hybridized carbons (Fsp3) is 0.714. The van der Waals surface area contributed by atoms with Crippen molar-refractivity contribution in [2.75, 3.05) is 24.2 Å². The van der Waals surface area contributed by atoms with Crippen LogP contribution in [0.1, 0.15) is 39.9 Å². The van der Waals surface area contributed by atoms with Crippen LogP contribution >= 0.6 is 0 Å². The maximum absolute atomic E-state index is 4.62. The number of anilines is 2. The van der Waals surface area contributed by atoms with Gasteiger partial charge in [-0.15, -0.1) is 0 Å². The minimum Gasteiger partial charge on any atom is -0.373 e. The summed E-state index contributed by atoms with van der Waals surface area (Å²) in [7, 11) is 1.89. The van der Waals surface area contributed by atoms with Gasteiger partial charge in [-0.2, -0.15) is 0 Å². The van der Waals surface area contributed by atoms with Crippen molar-refractivity contribution >= 4 is 11.6 Å². The van der Waals surface area contributed by atoms with Crippen molar-refractivity contribution in [1.29, 1.82) is 0 Å². The summed E-state index contributed by atoms with van der Waals surface area (Å²) in [5.74, 6) is 4.36. The first-order valence-electron chi connectivity index (χ1n) is 6.71. The van der Waals surface area contributed by atoms with E-state index in [-0.39, 0.29) is 5.41 Å². The second-order valence-electron chi connectivity index (χ2n) is 6.32. The molecule has 0 aliphatic heterocycles. The first kappa shape index (κ1) is 13.1. The molecule has 2 N–H and O–H groups in total. The van der Waals surface area contributed by atoms with E-state index in [4.69, 9.17) is 0 Å². The summed E-state index contributed by atoms with van der Waals surface area (Å²) in [5, 5.41) is 6.53. The molecule has 18 heavy (non-hydrogen) atoms. The van der Waals surface area contributed by atoms with Crippen molar-refractivity contribution in [3.05, 3.63) is 11.9 Å². The zero-order valence-corrected chi connectivity index (χ0v) is 12.0. The quantitative estimate of drug-likeness (QED) is 0.860. The van der Waals surface area contributed by atoms with E-state index in [1.807, 2.05) is 13.1 Å². The van der Waals surface area contributed by atoms with E-state index in [1.165, 1.54) is 6.42 Å². The molecule has 0 aromatic carbocycles. The Morgan fingerprint density at radius 3 is 2.39 bits per heavy atom. The number of nitrogens with zero attached hydrogens (tertiary/aromatic N) is 2. The zero-order chi connectivity index (χ0) is 13.3. The molecule has 0 radical (unpaired) electrons. The van der Waals surface area contributed by atoms with Crippen LogP contribution < -0.4 is 10.6 Å². The summed E-state index contributed by atoms with van der Waals surface area (Å²) < 4.78 is 0. The van der Waals surface area contributed by atoms with Gasteiger partial charge in [0.2, 0.25) is 0 Å². The fourth-order valence-corrected chi connectivity index (χ4v) is 1.92. The summed E-state index contributed by atoms with van der Waals surface area (Å²) in [6.07, 6.45) is 1.34. The smallest absolute Gasteiger partial charge is 0.138 e. The van der Waals surface area contributed by atoms with Crippen LogP contribution in [0.5, 0.6) is 0 Å². The Balaban J connectivity index is 2.13. The van der Waals surface area contributed by atoms with Crippen LogP contribution in [0.4, 0.5) is 11.6 Å². The second-order valence-corrected chi connectivity index (χ2v) is 6.32. The highest BCUT2D eigenvalue weighted by Crippen LogP contribution is 2.37. The molecule has 0 saturated heterocycles. The van der Waals surface area contributed by atoms with Crippen LogP contribution in [0.2, 0.25) is 0 Å². The second kappa shape index (κ2) is 4.75. The molecule has 100 valence electrons. The van der Waals surface area contributed by atoms with Crippen LogP contribution in [0.15, 0.2) is 6.07 Å². The maximum atomic E-state index is 4.62. The summed E-state index contributed by atoms with van der Waals surface area (Å²) in [5.41, 5.74) is -0.0316. The Morgan fingerprint density at radius 1 is 1.28 bits per heavy atom. The Bertz CT molecular complexity index is 422. The molecular formula is C14H24N4. The third kappa shape index (κ3) is 3.12. The maximum Gasteiger partial charge on any atom is 0.138 e. The largest absolute Gasteiger partial charge is 0.373 e. The average molecular weight is 248 g/mol. The van der Waals surface area contributed by atoms with Gasteiger partial charge in [0.1, 0.15) is 17.5 Å². The first-order valence-corrected chi connectivity index (χ1v) is 6.71. The lowest BCUT2D eigenvalue weighted by Crippen LogP contribution is -2.18. The molecule has 0 amide bonds. The van der Waals surface area contributed by atoms with Crippen LogP contribution in [-0.2, 0) is 5.41 Å². The molecule has 1 aliphatic rings. The van der Waals surface area contributed by atoms with E-state index in [0.29, 0.717) is 0 Å². The Morgan fingerprint density at radius 2 is 1.89 bits per heavy atom. The molecule has 2 rings (SSSR count). The number of aromatic nitrogens is 2. The van der Waals surface area contributed by atoms with Gasteiger partial charge in [0.25, 0.3) is 0 Å². The zero-order valence-electron chi connectivity index (χ0n) is 12.0. The van der Waals surface area contributed by atoms with Gasteiger partial charge in [0.05, 0.1) is 0 Å². The van der Waals surface area contributed by atoms with Crippen molar-refractivity contribution in [2.24, 2.45) is 11.8 Å². The lowest BCUT2D eigenvalue weighted by atomic mass is 9.96. The van der Waals surface area contributed by atoms with Gasteiger partial charge in [0, 0.05) is 25.1 Å². The van der Waals surface area contributed by atoms with E-state index < -0.39 is 0 Å². The minimum absolute atomic E-state index is 0.0316. The fourth-order valence-electron chi connectivity index (χ4n) is 1.92. The van der Waals surface area contributed by atoms with Gasteiger partial charge in [0.15, 0.2) is 0 Å². The summed E-state index contributed by atoms with van der Waals surface area (Å²) in [6.45, 7) is 9.72. The van der Waals surface area contributed by atoms with Crippen LogP contribution in [0, 0.1) is 11.8 Å². The third-order valence-electron chi connectivity index (χ3n) is 3.47. The number of hydrogen-bond donors (Lipinski definition) is 2. The Hall–Kier alpha value is -1.32. The van der Waals surface area contributed by atoms with Gasteiger partial charge in [-0.05, 0) is 18.3 Å². The SMILES string of the molecule is CNc1cc(NCC2CC2C)nc(C(C)(C)C)n1. The highest BCUT2D eigenvalue weighted by Gasteiger charge is 2.32. The van der Waals surface area contributed by atoms with E-state index in [1.54, 1.807) is 0 Å². The van der Waals surface area contributed by atoms with Gasteiger partial charge in [-0.3, -0.25) is 0 Å². The molecule has 2 atom stereocenters. The topological polar surface area (TPSA) is 49.8 Å². The van der Waals surface area contributed by atoms with Gasteiger partial charge in [-0.25, -0.2) is 9.97 Å². The Labute approximate surface area is 110 Å². The van der Waals surface area contributed by atoms with E-state index in [0.717, 1.165) is 35.8 Å².